The van der Waals surface area contributed by atoms with Crippen LogP contribution in [0.3, 0.4) is 0 Å². The van der Waals surface area contributed by atoms with Gasteiger partial charge in [-0.2, -0.15) is 0 Å². The maximum atomic E-state index is 11.2. The third-order valence-corrected chi connectivity index (χ3v) is 1.50. The van der Waals surface area contributed by atoms with Crippen molar-refractivity contribution >= 4 is 5.91 Å². The number of carbonyl (C=O) groups is 1. The van der Waals surface area contributed by atoms with Crippen LogP contribution in [0.15, 0.2) is 25.3 Å². The van der Waals surface area contributed by atoms with Crippen molar-refractivity contribution in [3.05, 3.63) is 25.3 Å². The Hall–Kier alpha value is -0.890. The second kappa shape index (κ2) is 5.86. The van der Waals surface area contributed by atoms with Crippen LogP contribution in [0.5, 0.6) is 0 Å². The van der Waals surface area contributed by atoms with Crippen LogP contribution in [-0.2, 0) is 4.79 Å². The number of rotatable bonds is 5. The van der Waals surface area contributed by atoms with Crippen LogP contribution in [0, 0.1) is 0 Å². The zero-order chi connectivity index (χ0) is 8.69. The third kappa shape index (κ3) is 3.73. The number of carbonyl (C=O) groups excluding carboxylic acids is 1. The quantitative estimate of drug-likeness (QED) is 0.560. The summed E-state index contributed by atoms with van der Waals surface area (Å²) in [6, 6.07) is 0. The molecule has 0 heterocycles. The maximum Gasteiger partial charge on any atom is 0.312 e. The number of hydrogen-bond donors (Lipinski definition) is 1. The van der Waals surface area contributed by atoms with E-state index in [1.54, 1.807) is 12.2 Å². The molecule has 0 spiro atoms. The van der Waals surface area contributed by atoms with Gasteiger partial charge in [-0.05, 0) is 12.2 Å². The van der Waals surface area contributed by atoms with Crippen molar-refractivity contribution < 1.29 is 9.69 Å². The van der Waals surface area contributed by atoms with Crippen molar-refractivity contribution in [1.29, 1.82) is 0 Å². The van der Waals surface area contributed by atoms with Gasteiger partial charge in [-0.1, -0.05) is 20.1 Å². The van der Waals surface area contributed by atoms with Gasteiger partial charge >= 0.3 is 5.91 Å². The van der Waals surface area contributed by atoms with E-state index >= 15 is 0 Å². The molecule has 62 valence electrons. The number of quaternary nitrogens is 1. The Morgan fingerprint density at radius 1 is 1.36 bits per heavy atom. The van der Waals surface area contributed by atoms with Crippen LogP contribution in [0.1, 0.15) is 13.3 Å². The summed E-state index contributed by atoms with van der Waals surface area (Å²) in [6.45, 7) is 10.4. The van der Waals surface area contributed by atoms with Gasteiger partial charge in [0.15, 0.2) is 0 Å². The van der Waals surface area contributed by atoms with E-state index in [0.717, 1.165) is 4.90 Å². The lowest BCUT2D eigenvalue weighted by Crippen LogP contribution is -3.14. The van der Waals surface area contributed by atoms with Crippen LogP contribution in [0.2, 0.25) is 0 Å². The molecule has 0 aromatic rings. The Kier molecular flexibility index (Phi) is 5.39. The minimum absolute atomic E-state index is 0.227. The Balaban J connectivity index is 3.95. The van der Waals surface area contributed by atoms with Gasteiger partial charge in [0.2, 0.25) is 0 Å². The summed E-state index contributed by atoms with van der Waals surface area (Å²) < 4.78 is 0. The first-order valence-electron chi connectivity index (χ1n) is 3.85. The maximum absolute atomic E-state index is 11.2. The molecule has 2 heteroatoms. The van der Waals surface area contributed by atoms with Gasteiger partial charge in [0, 0.05) is 0 Å². The van der Waals surface area contributed by atoms with E-state index in [2.05, 4.69) is 13.2 Å². The fourth-order valence-corrected chi connectivity index (χ4v) is 0.909. The van der Waals surface area contributed by atoms with Crippen molar-refractivity contribution in [3.8, 4) is 0 Å². The normalized spacial score (nSPS) is 9.64. The van der Waals surface area contributed by atoms with Crippen LogP contribution in [-0.4, -0.2) is 19.0 Å². The predicted molar refractivity (Wildman–Crippen MR) is 46.4 cm³/mol. The highest BCUT2D eigenvalue weighted by molar-refractivity contribution is 5.66. The lowest BCUT2D eigenvalue weighted by molar-refractivity contribution is -0.807. The second-order valence-corrected chi connectivity index (χ2v) is 2.37. The van der Waals surface area contributed by atoms with E-state index in [0.29, 0.717) is 19.5 Å². The first-order chi connectivity index (χ1) is 5.26. The summed E-state index contributed by atoms with van der Waals surface area (Å²) in [4.78, 5) is 12.1. The molecule has 0 unspecified atom stereocenters. The SMILES string of the molecule is C=CC[NH+](CC=C)C(=O)CC. The molecule has 0 aliphatic heterocycles. The second-order valence-electron chi connectivity index (χ2n) is 2.37. The molecule has 0 aromatic carbocycles. The number of amides is 1. The first kappa shape index (κ1) is 10.1. The van der Waals surface area contributed by atoms with Crippen molar-refractivity contribution in [3.63, 3.8) is 0 Å². The molecular formula is C9H16NO+. The zero-order valence-electron chi connectivity index (χ0n) is 7.10. The minimum atomic E-state index is 0.227. The van der Waals surface area contributed by atoms with Crippen molar-refractivity contribution in [2.24, 2.45) is 0 Å². The number of nitrogens with one attached hydrogen (secondary N) is 1. The molecule has 0 aliphatic rings. The average Bonchev–Trinajstić information content (AvgIpc) is 2.03. The van der Waals surface area contributed by atoms with E-state index in [-0.39, 0.29) is 5.91 Å². The summed E-state index contributed by atoms with van der Waals surface area (Å²) in [5.74, 6) is 0.227. The minimum Gasteiger partial charge on any atom is -0.265 e. The molecule has 0 radical (unpaired) electrons. The molecule has 2 nitrogen and oxygen atoms in total. The molecule has 11 heavy (non-hydrogen) atoms. The van der Waals surface area contributed by atoms with Crippen LogP contribution in [0.4, 0.5) is 0 Å². The van der Waals surface area contributed by atoms with E-state index in [4.69, 9.17) is 0 Å². The molecule has 0 saturated carbocycles. The van der Waals surface area contributed by atoms with Crippen molar-refractivity contribution in [2.75, 3.05) is 13.1 Å². The molecule has 0 atom stereocenters. The van der Waals surface area contributed by atoms with E-state index in [1.807, 2.05) is 6.92 Å². The molecular weight excluding hydrogens is 138 g/mol. The van der Waals surface area contributed by atoms with Gasteiger partial charge in [0.25, 0.3) is 0 Å². The summed E-state index contributed by atoms with van der Waals surface area (Å²) in [6.07, 6.45) is 4.09. The van der Waals surface area contributed by atoms with Gasteiger partial charge in [-0.25, -0.2) is 4.79 Å². The largest absolute Gasteiger partial charge is 0.312 e. The molecule has 0 aromatic heterocycles. The topological polar surface area (TPSA) is 21.5 Å². The fraction of sp³-hybridized carbons (Fsp3) is 0.444. The molecule has 0 fully saturated rings. The fourth-order valence-electron chi connectivity index (χ4n) is 0.909. The Morgan fingerprint density at radius 3 is 2.09 bits per heavy atom. The van der Waals surface area contributed by atoms with Crippen LogP contribution in [0.25, 0.3) is 0 Å². The Labute approximate surface area is 68.2 Å². The highest BCUT2D eigenvalue weighted by Crippen LogP contribution is 1.69. The molecule has 0 saturated heterocycles. The Bertz CT molecular complexity index is 142. The van der Waals surface area contributed by atoms with Crippen molar-refractivity contribution in [1.82, 2.24) is 0 Å². The number of hydrogen-bond acceptors (Lipinski definition) is 1. The molecule has 1 amide bonds. The highest BCUT2D eigenvalue weighted by atomic mass is 16.2. The average molecular weight is 154 g/mol. The summed E-state index contributed by atoms with van der Waals surface area (Å²) >= 11 is 0. The van der Waals surface area contributed by atoms with E-state index in [1.165, 1.54) is 0 Å². The standard InChI is InChI=1S/C9H15NO/c1-4-7-10(8-5-2)9(11)6-3/h4-5H,1-2,6-8H2,3H3/p+1. The zero-order valence-corrected chi connectivity index (χ0v) is 7.10. The summed E-state index contributed by atoms with van der Waals surface area (Å²) in [5, 5.41) is 0. The van der Waals surface area contributed by atoms with Crippen LogP contribution < -0.4 is 4.90 Å². The predicted octanol–water partition coefficient (Wildman–Crippen LogP) is 0.180. The van der Waals surface area contributed by atoms with Gasteiger partial charge in [0.05, 0.1) is 6.42 Å². The Morgan fingerprint density at radius 2 is 1.82 bits per heavy atom. The van der Waals surface area contributed by atoms with Crippen molar-refractivity contribution in [2.45, 2.75) is 13.3 Å². The van der Waals surface area contributed by atoms with Crippen LogP contribution >= 0.6 is 0 Å². The molecule has 0 aliphatic carbocycles. The first-order valence-corrected chi connectivity index (χ1v) is 3.85. The van der Waals surface area contributed by atoms with Gasteiger partial charge in [-0.3, -0.25) is 4.90 Å². The molecule has 0 rings (SSSR count). The monoisotopic (exact) mass is 154 g/mol. The third-order valence-electron chi connectivity index (χ3n) is 1.50. The van der Waals surface area contributed by atoms with Gasteiger partial charge in [-0.15, -0.1) is 0 Å². The lowest BCUT2D eigenvalue weighted by Gasteiger charge is -2.11. The molecule has 0 bridgehead atoms. The summed E-state index contributed by atoms with van der Waals surface area (Å²) in [7, 11) is 0. The van der Waals surface area contributed by atoms with Gasteiger partial charge < -0.3 is 0 Å². The smallest absolute Gasteiger partial charge is 0.265 e. The summed E-state index contributed by atoms with van der Waals surface area (Å²) in [5.41, 5.74) is 0. The lowest BCUT2D eigenvalue weighted by atomic mass is 10.3. The van der Waals surface area contributed by atoms with E-state index < -0.39 is 0 Å². The van der Waals surface area contributed by atoms with E-state index in [9.17, 15) is 4.79 Å². The highest BCUT2D eigenvalue weighted by Gasteiger charge is 2.12. The van der Waals surface area contributed by atoms with Gasteiger partial charge in [0.1, 0.15) is 13.1 Å². The molecule has 1 N–H and O–H groups in total.